The maximum absolute atomic E-state index is 5.40. The van der Waals surface area contributed by atoms with Crippen molar-refractivity contribution in [1.82, 2.24) is 25.0 Å². The summed E-state index contributed by atoms with van der Waals surface area (Å²) in [5.74, 6) is 1.92. The van der Waals surface area contributed by atoms with Crippen LogP contribution in [0.1, 0.15) is 31.7 Å². The Morgan fingerprint density at radius 1 is 1.41 bits per heavy atom. The van der Waals surface area contributed by atoms with E-state index >= 15 is 0 Å². The van der Waals surface area contributed by atoms with Gasteiger partial charge >= 0.3 is 0 Å². The third-order valence-electron chi connectivity index (χ3n) is 3.92. The summed E-state index contributed by atoms with van der Waals surface area (Å²) in [6.45, 7) is 8.81. The molecule has 0 aromatic carbocycles. The summed E-state index contributed by atoms with van der Waals surface area (Å²) in [7, 11) is 2.07. The molecule has 0 amide bonds. The number of hydrogen-bond acceptors (Lipinski definition) is 5. The lowest BCUT2D eigenvalue weighted by molar-refractivity contribution is 0.146. The minimum Gasteiger partial charge on any atom is -0.382 e. The Labute approximate surface area is 183 Å². The van der Waals surface area contributed by atoms with Gasteiger partial charge in [0.1, 0.15) is 12.2 Å². The molecular weight excluding hydrogens is 475 g/mol. The zero-order valence-electron chi connectivity index (χ0n) is 16.4. The lowest BCUT2D eigenvalue weighted by Crippen LogP contribution is -2.40. The molecular formula is C18H31IN6OS. The summed E-state index contributed by atoms with van der Waals surface area (Å²) >= 11 is 1.72. The van der Waals surface area contributed by atoms with E-state index in [1.165, 1.54) is 5.56 Å². The molecule has 2 aromatic heterocycles. The second-order valence-electron chi connectivity index (χ2n) is 5.96. The van der Waals surface area contributed by atoms with Crippen LogP contribution in [-0.2, 0) is 24.2 Å². The fourth-order valence-electron chi connectivity index (χ4n) is 2.57. The van der Waals surface area contributed by atoms with Gasteiger partial charge in [0.25, 0.3) is 0 Å². The molecule has 2 rings (SSSR count). The van der Waals surface area contributed by atoms with Gasteiger partial charge in [-0.05, 0) is 35.7 Å². The monoisotopic (exact) mass is 506 g/mol. The quantitative estimate of drug-likeness (QED) is 0.220. The van der Waals surface area contributed by atoms with Gasteiger partial charge < -0.3 is 19.5 Å². The van der Waals surface area contributed by atoms with Crippen LogP contribution in [0.25, 0.3) is 0 Å². The van der Waals surface area contributed by atoms with Crippen molar-refractivity contribution in [3.63, 3.8) is 0 Å². The summed E-state index contributed by atoms with van der Waals surface area (Å²) in [4.78, 5) is 6.91. The molecule has 0 unspecified atom stereocenters. The molecule has 2 heterocycles. The lowest BCUT2D eigenvalue weighted by atomic mass is 10.3. The number of rotatable bonds is 11. The molecule has 152 valence electrons. The number of ether oxygens (including phenoxy) is 1. The molecule has 0 bridgehead atoms. The van der Waals surface area contributed by atoms with Crippen molar-refractivity contribution in [2.24, 2.45) is 4.99 Å². The molecule has 2 aromatic rings. The molecule has 9 heteroatoms. The smallest absolute Gasteiger partial charge is 0.194 e. The highest BCUT2D eigenvalue weighted by atomic mass is 127. The number of nitrogens with zero attached hydrogens (tertiary/aromatic N) is 5. The second-order valence-corrected chi connectivity index (χ2v) is 6.74. The Balaban J connectivity index is 0.00000364. The zero-order valence-corrected chi connectivity index (χ0v) is 19.6. The van der Waals surface area contributed by atoms with Crippen LogP contribution in [0.4, 0.5) is 0 Å². The first-order valence-electron chi connectivity index (χ1n) is 9.19. The van der Waals surface area contributed by atoms with Gasteiger partial charge in [0.2, 0.25) is 0 Å². The Hall–Kier alpha value is -1.20. The highest BCUT2D eigenvalue weighted by Gasteiger charge is 2.08. The predicted molar refractivity (Wildman–Crippen MR) is 122 cm³/mol. The van der Waals surface area contributed by atoms with Crippen molar-refractivity contribution < 1.29 is 4.74 Å². The van der Waals surface area contributed by atoms with Crippen LogP contribution >= 0.6 is 35.3 Å². The van der Waals surface area contributed by atoms with E-state index in [0.29, 0.717) is 0 Å². The Kier molecular flexibility index (Phi) is 12.3. The molecule has 0 fully saturated rings. The number of aliphatic imine (C=N–C) groups is 1. The van der Waals surface area contributed by atoms with Gasteiger partial charge in [-0.15, -0.1) is 34.2 Å². The number of hydrogen-bond donors (Lipinski definition) is 1. The van der Waals surface area contributed by atoms with E-state index in [0.717, 1.165) is 64.0 Å². The van der Waals surface area contributed by atoms with Crippen LogP contribution in [0.15, 0.2) is 28.1 Å². The number of guanidine groups is 1. The van der Waals surface area contributed by atoms with E-state index in [4.69, 9.17) is 9.73 Å². The normalized spacial score (nSPS) is 11.3. The molecule has 0 aliphatic rings. The van der Waals surface area contributed by atoms with Crippen LogP contribution in [0, 0.1) is 0 Å². The van der Waals surface area contributed by atoms with Crippen molar-refractivity contribution in [2.45, 2.75) is 39.8 Å². The number of nitrogens with one attached hydrogen (secondary N) is 1. The Bertz CT molecular complexity index is 646. The van der Waals surface area contributed by atoms with Crippen molar-refractivity contribution >= 4 is 41.3 Å². The van der Waals surface area contributed by atoms with E-state index in [1.54, 1.807) is 17.7 Å². The minimum atomic E-state index is 0. The molecule has 0 atom stereocenters. The van der Waals surface area contributed by atoms with Gasteiger partial charge in [-0.3, -0.25) is 4.99 Å². The van der Waals surface area contributed by atoms with E-state index < -0.39 is 0 Å². The van der Waals surface area contributed by atoms with Crippen molar-refractivity contribution in [3.8, 4) is 0 Å². The van der Waals surface area contributed by atoms with Crippen molar-refractivity contribution in [3.05, 3.63) is 34.5 Å². The van der Waals surface area contributed by atoms with Crippen LogP contribution in [0.3, 0.4) is 0 Å². The highest BCUT2D eigenvalue weighted by Crippen LogP contribution is 2.08. The summed E-state index contributed by atoms with van der Waals surface area (Å²) in [5, 5.41) is 15.9. The van der Waals surface area contributed by atoms with Crippen LogP contribution in [-0.4, -0.2) is 59.0 Å². The third-order valence-corrected chi connectivity index (χ3v) is 4.65. The predicted octanol–water partition coefficient (Wildman–Crippen LogP) is 3.02. The molecule has 0 aliphatic heterocycles. The first-order chi connectivity index (χ1) is 12.7. The number of aromatic nitrogens is 3. The van der Waals surface area contributed by atoms with E-state index in [9.17, 15) is 0 Å². The van der Waals surface area contributed by atoms with Crippen LogP contribution in [0.5, 0.6) is 0 Å². The zero-order chi connectivity index (χ0) is 18.6. The van der Waals surface area contributed by atoms with Gasteiger partial charge in [0, 0.05) is 52.9 Å². The average molecular weight is 506 g/mol. The fraction of sp³-hybridized carbons (Fsp3) is 0.611. The molecule has 0 aliphatic carbocycles. The maximum Gasteiger partial charge on any atom is 0.194 e. The molecule has 27 heavy (non-hydrogen) atoms. The minimum absolute atomic E-state index is 0. The summed E-state index contributed by atoms with van der Waals surface area (Å²) in [5.41, 5.74) is 1.30. The van der Waals surface area contributed by atoms with Gasteiger partial charge in [-0.25, -0.2) is 0 Å². The maximum atomic E-state index is 5.40. The van der Waals surface area contributed by atoms with Crippen molar-refractivity contribution in [2.75, 3.05) is 33.4 Å². The topological polar surface area (TPSA) is 67.6 Å². The number of thiophene rings is 1. The summed E-state index contributed by atoms with van der Waals surface area (Å²) in [6.07, 6.45) is 3.60. The molecule has 0 saturated carbocycles. The molecule has 1 N–H and O–H groups in total. The Morgan fingerprint density at radius 3 is 2.96 bits per heavy atom. The number of aryl methyl sites for hydroxylation is 1. The largest absolute Gasteiger partial charge is 0.382 e. The van der Waals surface area contributed by atoms with Crippen LogP contribution < -0.4 is 5.32 Å². The first-order valence-corrected chi connectivity index (χ1v) is 10.1. The second kappa shape index (κ2) is 13.9. The van der Waals surface area contributed by atoms with Crippen LogP contribution in [0.2, 0.25) is 0 Å². The molecule has 0 spiro atoms. The van der Waals surface area contributed by atoms with Gasteiger partial charge in [-0.2, -0.15) is 11.3 Å². The Morgan fingerprint density at radius 2 is 2.26 bits per heavy atom. The lowest BCUT2D eigenvalue weighted by Gasteiger charge is -2.22. The molecule has 7 nitrogen and oxygen atoms in total. The molecule has 0 saturated heterocycles. The first kappa shape index (κ1) is 23.8. The molecule has 0 radical (unpaired) electrons. The SMILES string of the molecule is CCOCCCN=C(NCCn1cnnc1CC)N(C)Cc1ccsc1.I. The fourth-order valence-corrected chi connectivity index (χ4v) is 3.23. The average Bonchev–Trinajstić information content (AvgIpc) is 3.31. The van der Waals surface area contributed by atoms with Gasteiger partial charge in [0.15, 0.2) is 5.96 Å². The van der Waals surface area contributed by atoms with Gasteiger partial charge in [-0.1, -0.05) is 6.92 Å². The standard InChI is InChI=1S/C18H30N6OS.HI/c1-4-17-22-21-15-24(17)10-9-20-18(19-8-6-11-25-5-2)23(3)13-16-7-12-26-14-16;/h7,12,14-15H,4-6,8-11,13H2,1-3H3,(H,19,20);1H. The van der Waals surface area contributed by atoms with Gasteiger partial charge in [0.05, 0.1) is 0 Å². The van der Waals surface area contributed by atoms with E-state index in [1.807, 2.05) is 6.92 Å². The number of halogens is 1. The summed E-state index contributed by atoms with van der Waals surface area (Å²) in [6, 6.07) is 2.15. The van der Waals surface area contributed by atoms with Crippen molar-refractivity contribution in [1.29, 1.82) is 0 Å². The van der Waals surface area contributed by atoms with E-state index in [-0.39, 0.29) is 24.0 Å². The third kappa shape index (κ3) is 8.56. The summed E-state index contributed by atoms with van der Waals surface area (Å²) < 4.78 is 7.48. The highest BCUT2D eigenvalue weighted by molar-refractivity contribution is 14.0. The van der Waals surface area contributed by atoms with E-state index in [2.05, 4.69) is 55.8 Å².